The Morgan fingerprint density at radius 3 is 2.52 bits per heavy atom. The van der Waals surface area contributed by atoms with Gasteiger partial charge in [0.2, 0.25) is 0 Å². The van der Waals surface area contributed by atoms with Crippen LogP contribution in [0.1, 0.15) is 23.4 Å². The number of hydrogen-bond acceptors (Lipinski definition) is 6. The zero-order valence-electron chi connectivity index (χ0n) is 16.3. The molecule has 4 heterocycles. The second-order valence-corrected chi connectivity index (χ2v) is 8.05. The van der Waals surface area contributed by atoms with Crippen molar-refractivity contribution >= 4 is 17.4 Å². The van der Waals surface area contributed by atoms with Crippen LogP contribution in [0.2, 0.25) is 5.02 Å². The Bertz CT molecular complexity index is 984. The molecule has 0 atom stereocenters. The molecule has 3 aromatic heterocycles. The van der Waals surface area contributed by atoms with Gasteiger partial charge in [-0.25, -0.2) is 9.97 Å². The van der Waals surface area contributed by atoms with Crippen molar-refractivity contribution in [1.82, 2.24) is 24.8 Å². The van der Waals surface area contributed by atoms with E-state index in [0.29, 0.717) is 5.02 Å². The molecule has 2 aliphatic rings. The first-order chi connectivity index (χ1) is 14.3. The van der Waals surface area contributed by atoms with Gasteiger partial charge in [0.15, 0.2) is 5.82 Å². The van der Waals surface area contributed by atoms with Gasteiger partial charge in [-0.15, -0.1) is 0 Å². The van der Waals surface area contributed by atoms with Crippen molar-refractivity contribution in [3.63, 3.8) is 0 Å². The molecule has 6 nitrogen and oxygen atoms in total. The van der Waals surface area contributed by atoms with E-state index in [1.54, 1.807) is 18.6 Å². The predicted molar refractivity (Wildman–Crippen MR) is 114 cm³/mol. The van der Waals surface area contributed by atoms with Crippen molar-refractivity contribution in [2.75, 3.05) is 31.1 Å². The lowest BCUT2D eigenvalue weighted by molar-refractivity contribution is 0.246. The highest BCUT2D eigenvalue weighted by molar-refractivity contribution is 6.30. The van der Waals surface area contributed by atoms with Gasteiger partial charge in [0.05, 0.1) is 10.7 Å². The average molecular weight is 407 g/mol. The molecule has 1 fully saturated rings. The zero-order chi connectivity index (χ0) is 19.6. The summed E-state index contributed by atoms with van der Waals surface area (Å²) >= 11 is 5.95. The van der Waals surface area contributed by atoms with Gasteiger partial charge in [0.1, 0.15) is 5.82 Å². The fraction of sp³-hybridized carbons (Fsp3) is 0.364. The summed E-state index contributed by atoms with van der Waals surface area (Å²) in [5, 5.41) is 0.682. The molecule has 0 radical (unpaired) electrons. The number of aryl methyl sites for hydroxylation is 1. The number of hydrogen-bond donors (Lipinski definition) is 0. The van der Waals surface area contributed by atoms with Gasteiger partial charge in [-0.2, -0.15) is 0 Å². The standard InChI is InChI=1S/C22H23ClN6/c23-17-4-5-18(25-14-17)15-28-10-12-29(13-11-28)22-19-2-1-3-20(19)26-21(27-22)16-6-8-24-9-7-16/h4-9,14H,1-3,10-13,15H2. The fourth-order valence-electron chi connectivity index (χ4n) is 4.15. The van der Waals surface area contributed by atoms with Gasteiger partial charge in [0.25, 0.3) is 0 Å². The monoisotopic (exact) mass is 406 g/mol. The van der Waals surface area contributed by atoms with Crippen LogP contribution in [0.5, 0.6) is 0 Å². The van der Waals surface area contributed by atoms with Crippen LogP contribution in [0.25, 0.3) is 11.4 Å². The predicted octanol–water partition coefficient (Wildman–Crippen LogP) is 3.40. The highest BCUT2D eigenvalue weighted by atomic mass is 35.5. The van der Waals surface area contributed by atoms with E-state index in [-0.39, 0.29) is 0 Å². The Balaban J connectivity index is 1.34. The number of nitrogens with zero attached hydrogens (tertiary/aromatic N) is 6. The normalized spacial score (nSPS) is 16.8. The van der Waals surface area contributed by atoms with Gasteiger partial charge in [-0.3, -0.25) is 14.9 Å². The third kappa shape index (κ3) is 3.95. The highest BCUT2D eigenvalue weighted by Gasteiger charge is 2.26. The van der Waals surface area contributed by atoms with E-state index < -0.39 is 0 Å². The summed E-state index contributed by atoms with van der Waals surface area (Å²) in [4.78, 5) is 23.3. The average Bonchev–Trinajstić information content (AvgIpc) is 3.25. The highest BCUT2D eigenvalue weighted by Crippen LogP contribution is 2.32. The second kappa shape index (κ2) is 8.05. The van der Waals surface area contributed by atoms with Crippen molar-refractivity contribution in [2.24, 2.45) is 0 Å². The van der Waals surface area contributed by atoms with E-state index >= 15 is 0 Å². The lowest BCUT2D eigenvalue weighted by atomic mass is 10.1. The second-order valence-electron chi connectivity index (χ2n) is 7.62. The maximum atomic E-state index is 5.95. The number of halogens is 1. The summed E-state index contributed by atoms with van der Waals surface area (Å²) in [6, 6.07) is 7.88. The van der Waals surface area contributed by atoms with E-state index in [1.807, 2.05) is 24.3 Å². The van der Waals surface area contributed by atoms with Crippen molar-refractivity contribution in [3.8, 4) is 11.4 Å². The van der Waals surface area contributed by atoms with Crippen LogP contribution in [-0.4, -0.2) is 51.0 Å². The maximum Gasteiger partial charge on any atom is 0.161 e. The van der Waals surface area contributed by atoms with Crippen LogP contribution in [0.3, 0.4) is 0 Å². The van der Waals surface area contributed by atoms with E-state index in [2.05, 4.69) is 19.8 Å². The van der Waals surface area contributed by atoms with E-state index in [0.717, 1.165) is 68.5 Å². The molecule has 148 valence electrons. The topological polar surface area (TPSA) is 58.0 Å². The fourth-order valence-corrected chi connectivity index (χ4v) is 4.26. The summed E-state index contributed by atoms with van der Waals surface area (Å²) in [5.41, 5.74) is 4.65. The number of fused-ring (bicyclic) bond motifs is 1. The first-order valence-corrected chi connectivity index (χ1v) is 10.5. The van der Waals surface area contributed by atoms with Crippen molar-refractivity contribution in [1.29, 1.82) is 0 Å². The Morgan fingerprint density at radius 1 is 0.931 bits per heavy atom. The third-order valence-electron chi connectivity index (χ3n) is 5.70. The molecule has 1 saturated heterocycles. The Hall–Kier alpha value is -2.57. The quantitative estimate of drug-likeness (QED) is 0.661. The minimum atomic E-state index is 0.682. The first-order valence-electron chi connectivity index (χ1n) is 10.1. The molecular weight excluding hydrogens is 384 g/mol. The van der Waals surface area contributed by atoms with Crippen molar-refractivity contribution in [3.05, 3.63) is 64.8 Å². The third-order valence-corrected chi connectivity index (χ3v) is 5.92. The Labute approximate surface area is 175 Å². The smallest absolute Gasteiger partial charge is 0.161 e. The summed E-state index contributed by atoms with van der Waals surface area (Å²) in [7, 11) is 0. The lowest BCUT2D eigenvalue weighted by Gasteiger charge is -2.36. The number of aromatic nitrogens is 4. The summed E-state index contributed by atoms with van der Waals surface area (Å²) < 4.78 is 0. The van der Waals surface area contributed by atoms with Crippen LogP contribution < -0.4 is 4.90 Å². The van der Waals surface area contributed by atoms with Crippen LogP contribution in [0.4, 0.5) is 5.82 Å². The summed E-state index contributed by atoms with van der Waals surface area (Å²) in [6.07, 6.45) is 8.61. The van der Waals surface area contributed by atoms with Gasteiger partial charge in [-0.05, 0) is 43.5 Å². The minimum absolute atomic E-state index is 0.682. The number of rotatable bonds is 4. The molecule has 5 rings (SSSR count). The van der Waals surface area contributed by atoms with E-state index in [1.165, 1.54) is 17.7 Å². The molecule has 0 amide bonds. The van der Waals surface area contributed by atoms with E-state index in [4.69, 9.17) is 21.6 Å². The van der Waals surface area contributed by atoms with Crippen molar-refractivity contribution in [2.45, 2.75) is 25.8 Å². The van der Waals surface area contributed by atoms with Gasteiger partial charge < -0.3 is 4.90 Å². The molecule has 0 N–H and O–H groups in total. The molecule has 0 aromatic carbocycles. The van der Waals surface area contributed by atoms with Crippen molar-refractivity contribution < 1.29 is 0 Å². The summed E-state index contributed by atoms with van der Waals surface area (Å²) in [5.74, 6) is 1.94. The largest absolute Gasteiger partial charge is 0.354 e. The zero-order valence-corrected chi connectivity index (χ0v) is 17.0. The SMILES string of the molecule is Clc1ccc(CN2CCN(c3nc(-c4ccncc4)nc4c3CCC4)CC2)nc1. The first kappa shape index (κ1) is 18.5. The van der Waals surface area contributed by atoms with Crippen LogP contribution in [-0.2, 0) is 19.4 Å². The van der Waals surface area contributed by atoms with Gasteiger partial charge in [0, 0.05) is 68.1 Å². The number of piperazine rings is 1. The van der Waals surface area contributed by atoms with Crippen LogP contribution in [0.15, 0.2) is 42.9 Å². The minimum Gasteiger partial charge on any atom is -0.354 e. The molecular formula is C22H23ClN6. The van der Waals surface area contributed by atoms with E-state index in [9.17, 15) is 0 Å². The molecule has 0 spiro atoms. The Morgan fingerprint density at radius 2 is 1.76 bits per heavy atom. The maximum absolute atomic E-state index is 5.95. The van der Waals surface area contributed by atoms with Gasteiger partial charge >= 0.3 is 0 Å². The molecule has 0 bridgehead atoms. The molecule has 0 unspecified atom stereocenters. The molecule has 1 aliphatic heterocycles. The lowest BCUT2D eigenvalue weighted by Crippen LogP contribution is -2.46. The number of anilines is 1. The van der Waals surface area contributed by atoms with Gasteiger partial charge in [-0.1, -0.05) is 11.6 Å². The molecule has 7 heteroatoms. The number of pyridine rings is 2. The van der Waals surface area contributed by atoms with Crippen LogP contribution >= 0.6 is 11.6 Å². The van der Waals surface area contributed by atoms with Crippen LogP contribution in [0, 0.1) is 0 Å². The molecule has 29 heavy (non-hydrogen) atoms. The Kier molecular flexibility index (Phi) is 5.12. The molecule has 3 aromatic rings. The molecule has 1 aliphatic carbocycles. The molecule has 0 saturated carbocycles. The summed E-state index contributed by atoms with van der Waals surface area (Å²) in [6.45, 7) is 4.77.